The fraction of sp³-hybridized carbons (Fsp3) is 0.900. The van der Waals surface area contributed by atoms with Crippen LogP contribution in [0.4, 0.5) is 0 Å². The van der Waals surface area contributed by atoms with Gasteiger partial charge in [-0.3, -0.25) is 0 Å². The van der Waals surface area contributed by atoms with E-state index in [0.29, 0.717) is 5.92 Å². The van der Waals surface area contributed by atoms with E-state index in [1.807, 2.05) is 0 Å². The normalized spacial score (nSPS) is 13.6. The van der Waals surface area contributed by atoms with Crippen molar-refractivity contribution in [2.75, 3.05) is 0 Å². The molecule has 80 valence electrons. The van der Waals surface area contributed by atoms with Gasteiger partial charge in [0.05, 0.1) is 0 Å². The molecule has 0 bridgehead atoms. The lowest BCUT2D eigenvalue weighted by Crippen LogP contribution is -2.31. The zero-order valence-corrected chi connectivity index (χ0v) is 9.92. The Bertz CT molecular complexity index is 262. The van der Waals surface area contributed by atoms with Crippen LogP contribution in [0.2, 0.25) is 0 Å². The van der Waals surface area contributed by atoms with Crippen molar-refractivity contribution in [2.24, 2.45) is 10.8 Å². The van der Waals surface area contributed by atoms with Crippen LogP contribution >= 0.6 is 0 Å². The summed E-state index contributed by atoms with van der Waals surface area (Å²) in [7, 11) is 0. The maximum atomic E-state index is 4.10. The van der Waals surface area contributed by atoms with E-state index < -0.39 is 0 Å². The van der Waals surface area contributed by atoms with Crippen LogP contribution < -0.4 is 0 Å². The van der Waals surface area contributed by atoms with Crippen molar-refractivity contribution in [2.45, 2.75) is 47.5 Å². The largest absolute Gasteiger partial charge is 0.178 e. The van der Waals surface area contributed by atoms with E-state index in [4.69, 9.17) is 0 Å². The first-order valence-corrected chi connectivity index (χ1v) is 4.96. The third-order valence-corrected chi connectivity index (χ3v) is 2.35. The lowest BCUT2D eigenvalue weighted by Gasteiger charge is -2.38. The molecule has 0 aliphatic carbocycles. The third-order valence-electron chi connectivity index (χ3n) is 2.35. The Labute approximate surface area is 85.5 Å². The van der Waals surface area contributed by atoms with Crippen LogP contribution in [0.15, 0.2) is 0 Å². The van der Waals surface area contributed by atoms with Gasteiger partial charge >= 0.3 is 0 Å². The molecule has 0 spiro atoms. The van der Waals surface area contributed by atoms with Gasteiger partial charge in [0.15, 0.2) is 5.82 Å². The van der Waals surface area contributed by atoms with E-state index in [9.17, 15) is 0 Å². The van der Waals surface area contributed by atoms with Crippen LogP contribution in [0.5, 0.6) is 0 Å². The van der Waals surface area contributed by atoms with Gasteiger partial charge in [-0.25, -0.2) is 0 Å². The highest BCUT2D eigenvalue weighted by atomic mass is 15.5. The van der Waals surface area contributed by atoms with Gasteiger partial charge in [0.2, 0.25) is 0 Å². The zero-order valence-electron chi connectivity index (χ0n) is 9.92. The maximum Gasteiger partial charge on any atom is 0.178 e. The molecule has 14 heavy (non-hydrogen) atoms. The van der Waals surface area contributed by atoms with Crippen LogP contribution in [0.3, 0.4) is 0 Å². The van der Waals surface area contributed by atoms with Crippen LogP contribution in [0.1, 0.15) is 53.3 Å². The Morgan fingerprint density at radius 1 is 1.00 bits per heavy atom. The first-order chi connectivity index (χ1) is 6.23. The zero-order chi connectivity index (χ0) is 11.0. The average Bonchev–Trinajstić information content (AvgIpc) is 2.31. The predicted molar refractivity (Wildman–Crippen MR) is 55.8 cm³/mol. The van der Waals surface area contributed by atoms with Gasteiger partial charge in [0.25, 0.3) is 0 Å². The minimum atomic E-state index is 0.141. The third kappa shape index (κ3) is 2.30. The highest BCUT2D eigenvalue weighted by Gasteiger charge is 2.38. The van der Waals surface area contributed by atoms with E-state index in [1.54, 1.807) is 0 Å². The minimum Gasteiger partial charge on any atom is -0.177 e. The molecule has 1 aromatic heterocycles. The average molecular weight is 196 g/mol. The van der Waals surface area contributed by atoms with Crippen molar-refractivity contribution < 1.29 is 0 Å². The molecule has 0 unspecified atom stereocenters. The number of tetrazole rings is 1. The van der Waals surface area contributed by atoms with Gasteiger partial charge in [-0.2, -0.15) is 5.21 Å². The lowest BCUT2D eigenvalue weighted by molar-refractivity contribution is 0.167. The molecule has 0 fully saturated rings. The lowest BCUT2D eigenvalue weighted by atomic mass is 9.66. The molecule has 0 amide bonds. The molecule has 1 aromatic rings. The molecule has 0 aliphatic heterocycles. The summed E-state index contributed by atoms with van der Waals surface area (Å²) >= 11 is 0. The first kappa shape index (κ1) is 11.1. The van der Waals surface area contributed by atoms with Crippen LogP contribution in [-0.4, -0.2) is 20.6 Å². The SMILES string of the molecule is CC(C)(C)C(c1nn[nH]n1)C(C)(C)C. The van der Waals surface area contributed by atoms with E-state index in [0.717, 1.165) is 5.82 Å². The highest BCUT2D eigenvalue weighted by Crippen LogP contribution is 2.45. The Kier molecular flexibility index (Phi) is 2.65. The fourth-order valence-electron chi connectivity index (χ4n) is 2.37. The monoisotopic (exact) mass is 196 g/mol. The second kappa shape index (κ2) is 3.33. The van der Waals surface area contributed by atoms with Gasteiger partial charge < -0.3 is 0 Å². The molecule has 0 saturated carbocycles. The van der Waals surface area contributed by atoms with Crippen molar-refractivity contribution in [3.05, 3.63) is 5.82 Å². The van der Waals surface area contributed by atoms with Crippen molar-refractivity contribution in [1.82, 2.24) is 20.6 Å². The molecular formula is C10H20N4. The van der Waals surface area contributed by atoms with Gasteiger partial charge in [-0.15, -0.1) is 10.2 Å². The summed E-state index contributed by atoms with van der Waals surface area (Å²) < 4.78 is 0. The summed E-state index contributed by atoms with van der Waals surface area (Å²) in [6.07, 6.45) is 0. The number of nitrogens with one attached hydrogen (secondary N) is 1. The molecule has 0 atom stereocenters. The van der Waals surface area contributed by atoms with E-state index in [1.165, 1.54) is 0 Å². The predicted octanol–water partition coefficient (Wildman–Crippen LogP) is 2.38. The maximum absolute atomic E-state index is 4.10. The van der Waals surface area contributed by atoms with E-state index in [-0.39, 0.29) is 10.8 Å². The van der Waals surface area contributed by atoms with Crippen molar-refractivity contribution in [3.8, 4) is 0 Å². The minimum absolute atomic E-state index is 0.141. The number of hydrogen-bond acceptors (Lipinski definition) is 3. The number of aromatic nitrogens is 4. The molecule has 4 nitrogen and oxygen atoms in total. The molecule has 0 radical (unpaired) electrons. The molecular weight excluding hydrogens is 176 g/mol. The molecule has 0 saturated heterocycles. The van der Waals surface area contributed by atoms with Crippen LogP contribution in [-0.2, 0) is 0 Å². The topological polar surface area (TPSA) is 54.5 Å². The number of nitrogens with zero attached hydrogens (tertiary/aromatic N) is 3. The van der Waals surface area contributed by atoms with Crippen LogP contribution in [0, 0.1) is 10.8 Å². The van der Waals surface area contributed by atoms with Gasteiger partial charge in [-0.05, 0) is 10.8 Å². The standard InChI is InChI=1S/C10H20N4/c1-9(2,3)7(10(4,5)6)8-11-13-14-12-8/h7H,1-6H3,(H,11,12,13,14). The summed E-state index contributed by atoms with van der Waals surface area (Å²) in [6.45, 7) is 13.2. The van der Waals surface area contributed by atoms with Crippen LogP contribution in [0.25, 0.3) is 0 Å². The van der Waals surface area contributed by atoms with Gasteiger partial charge in [0.1, 0.15) is 0 Å². The molecule has 1 heterocycles. The number of aromatic amines is 1. The summed E-state index contributed by atoms with van der Waals surface area (Å²) in [6, 6.07) is 0. The van der Waals surface area contributed by atoms with Crippen molar-refractivity contribution in [1.29, 1.82) is 0 Å². The Balaban J connectivity index is 3.08. The Hall–Kier alpha value is -0.930. The van der Waals surface area contributed by atoms with Crippen molar-refractivity contribution in [3.63, 3.8) is 0 Å². The summed E-state index contributed by atoms with van der Waals surface area (Å²) in [5.74, 6) is 1.11. The quantitative estimate of drug-likeness (QED) is 0.750. The number of H-pyrrole nitrogens is 1. The Morgan fingerprint density at radius 3 is 1.79 bits per heavy atom. The number of hydrogen-bond donors (Lipinski definition) is 1. The van der Waals surface area contributed by atoms with E-state index >= 15 is 0 Å². The molecule has 4 heteroatoms. The fourth-order valence-corrected chi connectivity index (χ4v) is 2.37. The van der Waals surface area contributed by atoms with Gasteiger partial charge in [-0.1, -0.05) is 46.8 Å². The Morgan fingerprint density at radius 2 is 1.50 bits per heavy atom. The molecule has 1 rings (SSSR count). The first-order valence-electron chi connectivity index (χ1n) is 4.96. The molecule has 0 aliphatic rings. The van der Waals surface area contributed by atoms with Crippen molar-refractivity contribution >= 4 is 0 Å². The van der Waals surface area contributed by atoms with E-state index in [2.05, 4.69) is 62.2 Å². The second-order valence-electron chi connectivity index (χ2n) is 5.94. The molecule has 0 aromatic carbocycles. The highest BCUT2D eigenvalue weighted by molar-refractivity contribution is 5.03. The smallest absolute Gasteiger partial charge is 0.177 e. The summed E-state index contributed by atoms with van der Waals surface area (Å²) in [4.78, 5) is 0. The summed E-state index contributed by atoms with van der Waals surface area (Å²) in [5, 5.41) is 14.4. The second-order valence-corrected chi connectivity index (χ2v) is 5.94. The summed E-state index contributed by atoms with van der Waals surface area (Å²) in [5.41, 5.74) is 0.282. The van der Waals surface area contributed by atoms with Gasteiger partial charge in [0, 0.05) is 5.92 Å². The number of rotatable bonds is 1. The molecule has 1 N–H and O–H groups in total.